The standard InChI is InChI=1S/C12H24O3Si4/c1-9-18(10-2,13-16-5)15-19(11-3,12-4)14-17(6,7)8/h9-12H,1-4H2,5-8H3. The summed E-state index contributed by atoms with van der Waals surface area (Å²) >= 11 is 0. The van der Waals surface area contributed by atoms with Gasteiger partial charge in [0.1, 0.15) is 0 Å². The van der Waals surface area contributed by atoms with E-state index in [0.717, 1.165) is 0 Å². The molecule has 2 radical (unpaired) electrons. The molecule has 3 nitrogen and oxygen atoms in total. The first kappa shape index (κ1) is 18.7. The zero-order valence-electron chi connectivity index (χ0n) is 12.4. The molecule has 0 rings (SSSR count). The molecule has 0 aliphatic carbocycles. The van der Waals surface area contributed by atoms with E-state index in [0.29, 0.717) is 9.76 Å². The van der Waals surface area contributed by atoms with Crippen LogP contribution in [-0.2, 0) is 12.3 Å². The average Bonchev–Trinajstić information content (AvgIpc) is 2.35. The quantitative estimate of drug-likeness (QED) is 0.576. The fourth-order valence-corrected chi connectivity index (χ4v) is 12.6. The topological polar surface area (TPSA) is 27.7 Å². The molecular formula is C12H24O3Si4. The Morgan fingerprint density at radius 2 is 1.21 bits per heavy atom. The van der Waals surface area contributed by atoms with Crippen molar-refractivity contribution in [1.29, 1.82) is 0 Å². The van der Waals surface area contributed by atoms with E-state index in [4.69, 9.17) is 12.3 Å². The molecule has 0 saturated heterocycles. The van der Waals surface area contributed by atoms with Crippen molar-refractivity contribution < 1.29 is 12.3 Å². The Balaban J connectivity index is 5.41. The maximum atomic E-state index is 6.24. The van der Waals surface area contributed by atoms with Crippen LogP contribution in [0.25, 0.3) is 0 Å². The highest BCUT2D eigenvalue weighted by Gasteiger charge is 2.44. The second-order valence-corrected chi connectivity index (χ2v) is 16.5. The first-order valence-corrected chi connectivity index (χ1v) is 14.8. The molecule has 0 aliphatic rings. The molecule has 0 unspecified atom stereocenters. The minimum absolute atomic E-state index is 0.303. The number of hydrogen-bond acceptors (Lipinski definition) is 3. The first-order valence-electron chi connectivity index (χ1n) is 6.01. The van der Waals surface area contributed by atoms with Crippen LogP contribution < -0.4 is 0 Å². The largest absolute Gasteiger partial charge is 0.431 e. The van der Waals surface area contributed by atoms with Gasteiger partial charge in [-0.05, 0) is 49.0 Å². The van der Waals surface area contributed by atoms with Gasteiger partial charge in [-0.1, -0.05) is 0 Å². The van der Waals surface area contributed by atoms with Crippen LogP contribution in [0.15, 0.2) is 49.1 Å². The summed E-state index contributed by atoms with van der Waals surface area (Å²) in [7, 11) is -6.85. The van der Waals surface area contributed by atoms with Gasteiger partial charge in [0.05, 0.1) is 0 Å². The van der Waals surface area contributed by atoms with Crippen molar-refractivity contribution in [3.05, 3.63) is 49.1 Å². The van der Waals surface area contributed by atoms with Crippen molar-refractivity contribution in [2.75, 3.05) is 0 Å². The minimum Gasteiger partial charge on any atom is -0.431 e. The van der Waals surface area contributed by atoms with Crippen molar-refractivity contribution >= 4 is 35.2 Å². The second kappa shape index (κ2) is 7.48. The normalized spacial score (nSPS) is 12.8. The SMILES string of the molecule is C=C[Si](C=C)(O[Si]C)O[Si](C=C)(C=C)O[Si](C)(C)C. The minimum atomic E-state index is -2.71. The Kier molecular flexibility index (Phi) is 7.36. The van der Waals surface area contributed by atoms with E-state index in [2.05, 4.69) is 46.0 Å². The van der Waals surface area contributed by atoms with Gasteiger partial charge in [0.2, 0.25) is 9.76 Å². The fraction of sp³-hybridized carbons (Fsp3) is 0.333. The van der Waals surface area contributed by atoms with Gasteiger partial charge < -0.3 is 12.3 Å². The zero-order valence-corrected chi connectivity index (χ0v) is 16.4. The molecule has 0 saturated carbocycles. The Labute approximate surface area is 123 Å². The van der Waals surface area contributed by atoms with Crippen molar-refractivity contribution in [3.8, 4) is 0 Å². The summed E-state index contributed by atoms with van der Waals surface area (Å²) in [4.78, 5) is 0. The van der Waals surface area contributed by atoms with Crippen LogP contribution in [0.5, 0.6) is 0 Å². The van der Waals surface area contributed by atoms with Crippen LogP contribution in [0.3, 0.4) is 0 Å². The summed E-state index contributed by atoms with van der Waals surface area (Å²) in [6.45, 7) is 23.7. The predicted octanol–water partition coefficient (Wildman–Crippen LogP) is 3.32. The van der Waals surface area contributed by atoms with Crippen molar-refractivity contribution in [2.24, 2.45) is 0 Å². The molecule has 0 aromatic rings. The van der Waals surface area contributed by atoms with E-state index < -0.39 is 25.4 Å². The molecule has 0 amide bonds. The van der Waals surface area contributed by atoms with Crippen molar-refractivity contribution in [2.45, 2.75) is 26.2 Å². The maximum absolute atomic E-state index is 6.24. The van der Waals surface area contributed by atoms with Crippen LogP contribution in [0, 0.1) is 0 Å². The van der Waals surface area contributed by atoms with E-state index in [1.165, 1.54) is 0 Å². The molecule has 106 valence electrons. The van der Waals surface area contributed by atoms with Gasteiger partial charge in [0.25, 0.3) is 0 Å². The molecule has 0 aliphatic heterocycles. The van der Waals surface area contributed by atoms with Gasteiger partial charge in [-0.15, -0.1) is 26.3 Å². The van der Waals surface area contributed by atoms with Crippen molar-refractivity contribution in [3.63, 3.8) is 0 Å². The second-order valence-electron chi connectivity index (χ2n) is 4.88. The predicted molar refractivity (Wildman–Crippen MR) is 90.5 cm³/mol. The van der Waals surface area contributed by atoms with Crippen LogP contribution in [0.1, 0.15) is 0 Å². The van der Waals surface area contributed by atoms with E-state index in [1.807, 2.05) is 6.55 Å². The Bertz CT molecular complexity index is 333. The Hall–Kier alpha value is -0.292. The smallest absolute Gasteiger partial charge is 0.372 e. The Morgan fingerprint density at radius 3 is 1.47 bits per heavy atom. The van der Waals surface area contributed by atoms with Gasteiger partial charge in [-0.2, -0.15) is 0 Å². The van der Waals surface area contributed by atoms with E-state index in [9.17, 15) is 0 Å². The molecule has 7 heteroatoms. The lowest BCUT2D eigenvalue weighted by Gasteiger charge is -2.37. The van der Waals surface area contributed by atoms with Gasteiger partial charge in [0, 0.05) is 0 Å². The molecule has 0 heterocycles. The maximum Gasteiger partial charge on any atom is 0.372 e. The van der Waals surface area contributed by atoms with Gasteiger partial charge in [-0.3, -0.25) is 0 Å². The number of hydrogen-bond donors (Lipinski definition) is 0. The molecule has 19 heavy (non-hydrogen) atoms. The summed E-state index contributed by atoms with van der Waals surface area (Å²) < 4.78 is 18.2. The monoisotopic (exact) mass is 328 g/mol. The molecule has 0 fully saturated rings. The van der Waals surface area contributed by atoms with Gasteiger partial charge in [0.15, 0.2) is 8.32 Å². The highest BCUT2D eigenvalue weighted by atomic mass is 28.5. The lowest BCUT2D eigenvalue weighted by Crippen LogP contribution is -2.55. The van der Waals surface area contributed by atoms with Crippen LogP contribution in [-0.4, -0.2) is 35.2 Å². The summed E-state index contributed by atoms with van der Waals surface area (Å²) in [6.07, 6.45) is 0. The first-order chi connectivity index (χ1) is 8.72. The molecule has 0 N–H and O–H groups in total. The third kappa shape index (κ3) is 5.69. The van der Waals surface area contributed by atoms with Gasteiger partial charge in [-0.25, -0.2) is 0 Å². The van der Waals surface area contributed by atoms with E-state index in [1.54, 1.807) is 22.8 Å². The van der Waals surface area contributed by atoms with Crippen molar-refractivity contribution in [1.82, 2.24) is 0 Å². The molecule has 0 atom stereocenters. The third-order valence-corrected chi connectivity index (χ3v) is 12.8. The molecule has 0 bridgehead atoms. The van der Waals surface area contributed by atoms with Gasteiger partial charge >= 0.3 is 17.1 Å². The molecule has 0 aromatic heterocycles. The highest BCUT2D eigenvalue weighted by Crippen LogP contribution is 2.24. The van der Waals surface area contributed by atoms with Crippen LogP contribution in [0.4, 0.5) is 0 Å². The summed E-state index contributed by atoms with van der Waals surface area (Å²) in [5, 5.41) is 0. The lowest BCUT2D eigenvalue weighted by atomic mass is 11.2. The average molecular weight is 329 g/mol. The van der Waals surface area contributed by atoms with Crippen LogP contribution in [0.2, 0.25) is 26.2 Å². The summed E-state index contributed by atoms with van der Waals surface area (Å²) in [5.74, 6) is 0. The van der Waals surface area contributed by atoms with E-state index >= 15 is 0 Å². The highest BCUT2D eigenvalue weighted by molar-refractivity contribution is 6.95. The summed E-state index contributed by atoms with van der Waals surface area (Å²) in [6, 6.07) is 0. The summed E-state index contributed by atoms with van der Waals surface area (Å²) in [5.41, 5.74) is 6.93. The molecular weight excluding hydrogens is 304 g/mol. The zero-order chi connectivity index (χ0) is 15.2. The van der Waals surface area contributed by atoms with Crippen LogP contribution >= 0.6 is 0 Å². The fourth-order valence-electron chi connectivity index (χ4n) is 1.43. The van der Waals surface area contributed by atoms with E-state index in [-0.39, 0.29) is 0 Å². The molecule has 0 spiro atoms. The number of rotatable bonds is 10. The molecule has 0 aromatic carbocycles. The Morgan fingerprint density at radius 1 is 0.789 bits per heavy atom. The lowest BCUT2D eigenvalue weighted by molar-refractivity contribution is 0.359. The third-order valence-electron chi connectivity index (χ3n) is 2.18.